The van der Waals surface area contributed by atoms with Crippen LogP contribution in [-0.4, -0.2) is 6.54 Å². The van der Waals surface area contributed by atoms with Crippen molar-refractivity contribution in [3.8, 4) is 0 Å². The smallest absolute Gasteiger partial charge is 0.0931 e. The molecule has 84 valence electrons. The third-order valence-electron chi connectivity index (χ3n) is 2.46. The van der Waals surface area contributed by atoms with E-state index in [0.717, 1.165) is 17.2 Å². The molecule has 0 saturated carbocycles. The zero-order chi connectivity index (χ0) is 11.4. The van der Waals surface area contributed by atoms with Gasteiger partial charge in [0.15, 0.2) is 0 Å². The average Bonchev–Trinajstić information content (AvgIpc) is 2.67. The molecule has 0 atom stereocenters. The Bertz CT molecular complexity index is 447. The van der Waals surface area contributed by atoms with Gasteiger partial charge in [-0.15, -0.1) is 11.3 Å². The lowest BCUT2D eigenvalue weighted by molar-refractivity contribution is 0.967. The van der Waals surface area contributed by atoms with E-state index in [4.69, 9.17) is 17.3 Å². The van der Waals surface area contributed by atoms with E-state index in [1.807, 2.05) is 6.07 Å². The molecule has 0 saturated heterocycles. The second-order valence-electron chi connectivity index (χ2n) is 3.74. The Balaban J connectivity index is 2.05. The topological polar surface area (TPSA) is 26.0 Å². The highest BCUT2D eigenvalue weighted by Gasteiger charge is 2.00. The van der Waals surface area contributed by atoms with Crippen LogP contribution in [-0.2, 0) is 12.8 Å². The fourth-order valence-electron chi connectivity index (χ4n) is 1.64. The summed E-state index contributed by atoms with van der Waals surface area (Å²) in [6.45, 7) is 0.708. The molecule has 0 spiro atoms. The highest BCUT2D eigenvalue weighted by Crippen LogP contribution is 2.23. The van der Waals surface area contributed by atoms with Gasteiger partial charge in [-0.2, -0.15) is 0 Å². The van der Waals surface area contributed by atoms with E-state index in [1.165, 1.54) is 16.0 Å². The van der Waals surface area contributed by atoms with Crippen LogP contribution >= 0.6 is 22.9 Å². The van der Waals surface area contributed by atoms with Gasteiger partial charge < -0.3 is 5.73 Å². The van der Waals surface area contributed by atoms with Crippen LogP contribution in [0.3, 0.4) is 0 Å². The number of hydrogen-bond donors (Lipinski definition) is 1. The first-order chi connectivity index (χ1) is 7.78. The second kappa shape index (κ2) is 5.48. The molecule has 0 amide bonds. The first-order valence-electron chi connectivity index (χ1n) is 5.30. The third kappa shape index (κ3) is 3.08. The maximum absolute atomic E-state index is 5.90. The average molecular weight is 252 g/mol. The number of thiophene rings is 1. The molecule has 1 heterocycles. The van der Waals surface area contributed by atoms with Gasteiger partial charge in [-0.05, 0) is 36.2 Å². The minimum atomic E-state index is 0.708. The Morgan fingerprint density at radius 1 is 1.00 bits per heavy atom. The van der Waals surface area contributed by atoms with Crippen molar-refractivity contribution in [2.45, 2.75) is 12.8 Å². The summed E-state index contributed by atoms with van der Waals surface area (Å²) in [6, 6.07) is 12.7. The summed E-state index contributed by atoms with van der Waals surface area (Å²) in [6.07, 6.45) is 1.91. The monoisotopic (exact) mass is 251 g/mol. The molecule has 0 aliphatic carbocycles. The quantitative estimate of drug-likeness (QED) is 0.885. The maximum atomic E-state index is 5.90. The molecule has 1 aromatic heterocycles. The highest BCUT2D eigenvalue weighted by molar-refractivity contribution is 7.16. The van der Waals surface area contributed by atoms with Gasteiger partial charge in [0.2, 0.25) is 0 Å². The van der Waals surface area contributed by atoms with Crippen molar-refractivity contribution < 1.29 is 0 Å². The summed E-state index contributed by atoms with van der Waals surface area (Å²) >= 11 is 7.54. The van der Waals surface area contributed by atoms with Crippen molar-refractivity contribution in [3.05, 3.63) is 56.7 Å². The fourth-order valence-corrected chi connectivity index (χ4v) is 2.76. The first-order valence-corrected chi connectivity index (χ1v) is 6.49. The standard InChI is InChI=1S/C13H14ClNS/c14-13-6-5-12(16-13)9-11-3-1-10(2-4-11)7-8-15/h1-6H,7-9,15H2. The lowest BCUT2D eigenvalue weighted by atomic mass is 10.1. The third-order valence-corrected chi connectivity index (χ3v) is 3.69. The van der Waals surface area contributed by atoms with Crippen molar-refractivity contribution in [1.82, 2.24) is 0 Å². The second-order valence-corrected chi connectivity index (χ2v) is 5.54. The largest absolute Gasteiger partial charge is 0.330 e. The van der Waals surface area contributed by atoms with Crippen molar-refractivity contribution >= 4 is 22.9 Å². The molecule has 0 unspecified atom stereocenters. The maximum Gasteiger partial charge on any atom is 0.0931 e. The van der Waals surface area contributed by atoms with Gasteiger partial charge in [0.05, 0.1) is 4.34 Å². The molecule has 2 aromatic rings. The van der Waals surface area contributed by atoms with E-state index < -0.39 is 0 Å². The number of hydrogen-bond acceptors (Lipinski definition) is 2. The number of nitrogens with two attached hydrogens (primary N) is 1. The summed E-state index contributed by atoms with van der Waals surface area (Å²) in [5.41, 5.74) is 8.13. The minimum Gasteiger partial charge on any atom is -0.330 e. The molecule has 0 bridgehead atoms. The molecule has 3 heteroatoms. The summed E-state index contributed by atoms with van der Waals surface area (Å²) in [7, 11) is 0. The van der Waals surface area contributed by atoms with Gasteiger partial charge in [0.25, 0.3) is 0 Å². The molecular weight excluding hydrogens is 238 g/mol. The zero-order valence-corrected chi connectivity index (χ0v) is 10.5. The number of rotatable bonds is 4. The molecule has 1 aromatic carbocycles. The normalized spacial score (nSPS) is 10.6. The van der Waals surface area contributed by atoms with Crippen molar-refractivity contribution in [2.75, 3.05) is 6.54 Å². The van der Waals surface area contributed by atoms with E-state index in [1.54, 1.807) is 11.3 Å². The van der Waals surface area contributed by atoms with E-state index in [0.29, 0.717) is 6.54 Å². The van der Waals surface area contributed by atoms with Gasteiger partial charge in [0, 0.05) is 11.3 Å². The molecule has 0 radical (unpaired) electrons. The Morgan fingerprint density at radius 2 is 1.69 bits per heavy atom. The lowest BCUT2D eigenvalue weighted by Gasteiger charge is -2.01. The molecule has 2 rings (SSSR count). The predicted molar refractivity (Wildman–Crippen MR) is 71.3 cm³/mol. The predicted octanol–water partition coefficient (Wildman–Crippen LogP) is 3.49. The van der Waals surface area contributed by atoms with E-state index in [-0.39, 0.29) is 0 Å². The summed E-state index contributed by atoms with van der Waals surface area (Å²) in [5.74, 6) is 0. The molecule has 0 aliphatic rings. The van der Waals surface area contributed by atoms with Gasteiger partial charge >= 0.3 is 0 Å². The molecule has 0 aliphatic heterocycles. The molecular formula is C13H14ClNS. The van der Waals surface area contributed by atoms with Crippen LogP contribution in [0, 0.1) is 0 Å². The molecule has 1 nitrogen and oxygen atoms in total. The minimum absolute atomic E-state index is 0.708. The summed E-state index contributed by atoms with van der Waals surface area (Å²) < 4.78 is 0.856. The molecule has 0 fully saturated rings. The van der Waals surface area contributed by atoms with Crippen molar-refractivity contribution in [3.63, 3.8) is 0 Å². The van der Waals surface area contributed by atoms with Crippen LogP contribution in [0.25, 0.3) is 0 Å². The molecule has 16 heavy (non-hydrogen) atoms. The SMILES string of the molecule is NCCc1ccc(Cc2ccc(Cl)s2)cc1. The highest BCUT2D eigenvalue weighted by atomic mass is 35.5. The number of halogens is 1. The van der Waals surface area contributed by atoms with E-state index in [2.05, 4.69) is 30.3 Å². The Morgan fingerprint density at radius 3 is 2.25 bits per heavy atom. The van der Waals surface area contributed by atoms with Crippen LogP contribution < -0.4 is 5.73 Å². The van der Waals surface area contributed by atoms with Crippen LogP contribution in [0.5, 0.6) is 0 Å². The Hall–Kier alpha value is -0.830. The Kier molecular flexibility index (Phi) is 3.99. The van der Waals surface area contributed by atoms with Crippen molar-refractivity contribution in [1.29, 1.82) is 0 Å². The van der Waals surface area contributed by atoms with Crippen molar-refractivity contribution in [2.24, 2.45) is 5.73 Å². The summed E-state index contributed by atoms with van der Waals surface area (Å²) in [4.78, 5) is 1.30. The van der Waals surface area contributed by atoms with Crippen LogP contribution in [0.15, 0.2) is 36.4 Å². The Labute approximate surface area is 105 Å². The first kappa shape index (κ1) is 11.6. The fraction of sp³-hybridized carbons (Fsp3) is 0.231. The zero-order valence-electron chi connectivity index (χ0n) is 8.95. The van der Waals surface area contributed by atoms with Crippen LogP contribution in [0.2, 0.25) is 4.34 Å². The van der Waals surface area contributed by atoms with Crippen LogP contribution in [0.1, 0.15) is 16.0 Å². The van der Waals surface area contributed by atoms with Gasteiger partial charge in [-0.3, -0.25) is 0 Å². The van der Waals surface area contributed by atoms with E-state index in [9.17, 15) is 0 Å². The van der Waals surface area contributed by atoms with Gasteiger partial charge in [-0.1, -0.05) is 35.9 Å². The summed E-state index contributed by atoms with van der Waals surface area (Å²) in [5, 5.41) is 0. The van der Waals surface area contributed by atoms with Gasteiger partial charge in [-0.25, -0.2) is 0 Å². The molecule has 2 N–H and O–H groups in total. The lowest BCUT2D eigenvalue weighted by Crippen LogP contribution is -2.02. The van der Waals surface area contributed by atoms with Crippen LogP contribution in [0.4, 0.5) is 0 Å². The van der Waals surface area contributed by atoms with E-state index >= 15 is 0 Å². The number of benzene rings is 1. The van der Waals surface area contributed by atoms with Gasteiger partial charge in [0.1, 0.15) is 0 Å².